The van der Waals surface area contributed by atoms with E-state index in [0.29, 0.717) is 18.3 Å². The van der Waals surface area contributed by atoms with Crippen molar-refractivity contribution in [2.24, 2.45) is 0 Å². The average molecular weight is 250 g/mol. The Bertz CT molecular complexity index is 352. The van der Waals surface area contributed by atoms with Gasteiger partial charge in [0.15, 0.2) is 0 Å². The highest BCUT2D eigenvalue weighted by Crippen LogP contribution is 2.30. The average Bonchev–Trinajstić information content (AvgIpc) is 2.35. The molecule has 1 rings (SSSR count). The summed E-state index contributed by atoms with van der Waals surface area (Å²) in [7, 11) is 0. The van der Waals surface area contributed by atoms with Crippen LogP contribution in [0.4, 0.5) is 11.4 Å². The first-order valence-corrected chi connectivity index (χ1v) is 6.96. The van der Waals surface area contributed by atoms with Crippen LogP contribution in [0.25, 0.3) is 0 Å². The molecule has 0 radical (unpaired) electrons. The zero-order valence-electron chi connectivity index (χ0n) is 11.8. The van der Waals surface area contributed by atoms with Crippen LogP contribution in [0.3, 0.4) is 0 Å². The standard InChI is InChI=1S/C15H26N2O/c1-4-6-7-9-12(3)17-13-10-8-11-14(15(13)16)18-5-2/h8,10-12,17H,4-7,9,16H2,1-3H3. The Balaban J connectivity index is 2.58. The minimum absolute atomic E-state index is 0.440. The maximum absolute atomic E-state index is 6.09. The topological polar surface area (TPSA) is 47.3 Å². The summed E-state index contributed by atoms with van der Waals surface area (Å²) < 4.78 is 5.49. The van der Waals surface area contributed by atoms with Gasteiger partial charge in [-0.1, -0.05) is 32.3 Å². The lowest BCUT2D eigenvalue weighted by molar-refractivity contribution is 0.342. The number of anilines is 2. The van der Waals surface area contributed by atoms with E-state index >= 15 is 0 Å². The van der Waals surface area contributed by atoms with Crippen LogP contribution in [0.15, 0.2) is 18.2 Å². The Kier molecular flexibility index (Phi) is 6.40. The maximum atomic E-state index is 6.09. The summed E-state index contributed by atoms with van der Waals surface area (Å²) >= 11 is 0. The summed E-state index contributed by atoms with van der Waals surface area (Å²) in [6.07, 6.45) is 4.98. The molecule has 3 nitrogen and oxygen atoms in total. The highest BCUT2D eigenvalue weighted by molar-refractivity contribution is 5.73. The summed E-state index contributed by atoms with van der Waals surface area (Å²) in [5.74, 6) is 0.767. The van der Waals surface area contributed by atoms with Crippen LogP contribution in [-0.4, -0.2) is 12.6 Å². The van der Waals surface area contributed by atoms with Crippen LogP contribution in [0.2, 0.25) is 0 Å². The fraction of sp³-hybridized carbons (Fsp3) is 0.600. The molecule has 0 fully saturated rings. The van der Waals surface area contributed by atoms with E-state index in [1.165, 1.54) is 25.7 Å². The number of nitrogens with two attached hydrogens (primary N) is 1. The molecule has 0 heterocycles. The Morgan fingerprint density at radius 2 is 2.06 bits per heavy atom. The second-order valence-electron chi connectivity index (χ2n) is 4.69. The van der Waals surface area contributed by atoms with Gasteiger partial charge in [-0.05, 0) is 32.4 Å². The maximum Gasteiger partial charge on any atom is 0.144 e. The van der Waals surface area contributed by atoms with Gasteiger partial charge in [-0.3, -0.25) is 0 Å². The highest BCUT2D eigenvalue weighted by Gasteiger charge is 2.08. The molecule has 1 unspecified atom stereocenters. The first-order chi connectivity index (χ1) is 8.69. The van der Waals surface area contributed by atoms with Crippen molar-refractivity contribution in [1.82, 2.24) is 0 Å². The van der Waals surface area contributed by atoms with E-state index in [-0.39, 0.29) is 0 Å². The molecule has 1 atom stereocenters. The van der Waals surface area contributed by atoms with Crippen molar-refractivity contribution in [1.29, 1.82) is 0 Å². The zero-order chi connectivity index (χ0) is 13.4. The van der Waals surface area contributed by atoms with Crippen LogP contribution >= 0.6 is 0 Å². The van der Waals surface area contributed by atoms with Crippen molar-refractivity contribution in [3.8, 4) is 5.75 Å². The van der Waals surface area contributed by atoms with E-state index in [4.69, 9.17) is 10.5 Å². The molecule has 3 heteroatoms. The number of para-hydroxylation sites is 1. The molecule has 0 bridgehead atoms. The minimum Gasteiger partial charge on any atom is -0.492 e. The molecule has 0 saturated heterocycles. The smallest absolute Gasteiger partial charge is 0.144 e. The number of hydrogen-bond acceptors (Lipinski definition) is 3. The minimum atomic E-state index is 0.440. The molecule has 0 aliphatic rings. The Morgan fingerprint density at radius 1 is 1.28 bits per heavy atom. The zero-order valence-corrected chi connectivity index (χ0v) is 11.8. The summed E-state index contributed by atoms with van der Waals surface area (Å²) in [6.45, 7) is 7.02. The SMILES string of the molecule is CCCCCC(C)Nc1cccc(OCC)c1N. The molecule has 0 saturated carbocycles. The summed E-state index contributed by atoms with van der Waals surface area (Å²) in [5, 5.41) is 3.46. The fourth-order valence-corrected chi connectivity index (χ4v) is 1.99. The van der Waals surface area contributed by atoms with E-state index in [0.717, 1.165) is 11.4 Å². The van der Waals surface area contributed by atoms with Gasteiger partial charge in [-0.2, -0.15) is 0 Å². The number of unbranched alkanes of at least 4 members (excludes halogenated alkanes) is 2. The quantitative estimate of drug-likeness (QED) is 0.540. The van der Waals surface area contributed by atoms with Crippen LogP contribution in [0.1, 0.15) is 46.5 Å². The molecule has 0 aliphatic carbocycles. The fourth-order valence-electron chi connectivity index (χ4n) is 1.99. The number of ether oxygens (including phenoxy) is 1. The molecule has 1 aromatic carbocycles. The van der Waals surface area contributed by atoms with Crippen molar-refractivity contribution in [2.75, 3.05) is 17.7 Å². The molecule has 0 aromatic heterocycles. The summed E-state index contributed by atoms with van der Waals surface area (Å²) in [4.78, 5) is 0. The number of hydrogen-bond donors (Lipinski definition) is 2. The van der Waals surface area contributed by atoms with Crippen LogP contribution in [-0.2, 0) is 0 Å². The van der Waals surface area contributed by atoms with Gasteiger partial charge >= 0.3 is 0 Å². The molecule has 102 valence electrons. The second-order valence-corrected chi connectivity index (χ2v) is 4.69. The lowest BCUT2D eigenvalue weighted by Gasteiger charge is -2.18. The van der Waals surface area contributed by atoms with Gasteiger partial charge in [-0.25, -0.2) is 0 Å². The van der Waals surface area contributed by atoms with Crippen LogP contribution < -0.4 is 15.8 Å². The van der Waals surface area contributed by atoms with Crippen molar-refractivity contribution >= 4 is 11.4 Å². The van der Waals surface area contributed by atoms with E-state index in [1.807, 2.05) is 25.1 Å². The number of rotatable bonds is 8. The van der Waals surface area contributed by atoms with E-state index in [2.05, 4.69) is 19.2 Å². The number of nitrogens with one attached hydrogen (secondary N) is 1. The lowest BCUT2D eigenvalue weighted by Crippen LogP contribution is -2.16. The molecular weight excluding hydrogens is 224 g/mol. The van der Waals surface area contributed by atoms with Crippen molar-refractivity contribution in [3.63, 3.8) is 0 Å². The van der Waals surface area contributed by atoms with Crippen molar-refractivity contribution in [2.45, 2.75) is 52.5 Å². The van der Waals surface area contributed by atoms with Gasteiger partial charge in [0.2, 0.25) is 0 Å². The third-order valence-corrected chi connectivity index (χ3v) is 3.01. The highest BCUT2D eigenvalue weighted by atomic mass is 16.5. The largest absolute Gasteiger partial charge is 0.492 e. The third-order valence-electron chi connectivity index (χ3n) is 3.01. The predicted octanol–water partition coefficient (Wildman–Crippen LogP) is 4.05. The normalized spacial score (nSPS) is 12.2. The molecule has 3 N–H and O–H groups in total. The number of nitrogen functional groups attached to an aromatic ring is 1. The molecule has 0 aliphatic heterocycles. The number of benzene rings is 1. The molecular formula is C15H26N2O. The van der Waals surface area contributed by atoms with Crippen molar-refractivity contribution in [3.05, 3.63) is 18.2 Å². The molecule has 1 aromatic rings. The Morgan fingerprint density at radius 3 is 2.72 bits per heavy atom. The monoisotopic (exact) mass is 250 g/mol. The van der Waals surface area contributed by atoms with Crippen LogP contribution in [0.5, 0.6) is 5.75 Å². The Hall–Kier alpha value is -1.38. The van der Waals surface area contributed by atoms with Gasteiger partial charge in [-0.15, -0.1) is 0 Å². The van der Waals surface area contributed by atoms with E-state index < -0.39 is 0 Å². The van der Waals surface area contributed by atoms with Gasteiger partial charge in [0.05, 0.1) is 18.0 Å². The van der Waals surface area contributed by atoms with Crippen LogP contribution in [0, 0.1) is 0 Å². The van der Waals surface area contributed by atoms with Gasteiger partial charge in [0, 0.05) is 6.04 Å². The van der Waals surface area contributed by atoms with E-state index in [9.17, 15) is 0 Å². The Labute approximate surface area is 111 Å². The van der Waals surface area contributed by atoms with Gasteiger partial charge < -0.3 is 15.8 Å². The summed E-state index contributed by atoms with van der Waals surface area (Å²) in [6, 6.07) is 6.33. The first-order valence-electron chi connectivity index (χ1n) is 6.96. The molecule has 18 heavy (non-hydrogen) atoms. The predicted molar refractivity (Wildman–Crippen MR) is 79.3 cm³/mol. The summed E-state index contributed by atoms with van der Waals surface area (Å²) in [5.41, 5.74) is 7.77. The van der Waals surface area contributed by atoms with E-state index in [1.54, 1.807) is 0 Å². The third kappa shape index (κ3) is 4.47. The second kappa shape index (κ2) is 7.85. The first kappa shape index (κ1) is 14.7. The molecule has 0 amide bonds. The molecule has 0 spiro atoms. The van der Waals surface area contributed by atoms with Gasteiger partial charge in [0.25, 0.3) is 0 Å². The van der Waals surface area contributed by atoms with Gasteiger partial charge in [0.1, 0.15) is 5.75 Å². The van der Waals surface area contributed by atoms with Crippen molar-refractivity contribution < 1.29 is 4.74 Å². The lowest BCUT2D eigenvalue weighted by atomic mass is 10.1.